The fraction of sp³-hybridized carbons (Fsp3) is 0.333. The molecule has 0 amide bonds. The Hall–Kier alpha value is -1.84. The predicted molar refractivity (Wildman–Crippen MR) is 58.1 cm³/mol. The number of rotatable bonds is 4. The number of carbonyl (C=O) groups excluding carboxylic acids is 2. The minimum atomic E-state index is -0.806. The molecule has 16 heavy (non-hydrogen) atoms. The van der Waals surface area contributed by atoms with Crippen LogP contribution in [0, 0.1) is 0 Å². The van der Waals surface area contributed by atoms with Gasteiger partial charge in [-0.1, -0.05) is 25.5 Å². The molecule has 0 aliphatic rings. The number of para-hydroxylation sites is 1. The number of phenolic OH excluding ortho intramolecular Hbond substituents is 1. The number of benzene rings is 1. The molecule has 1 N–H and O–H groups in total. The highest BCUT2D eigenvalue weighted by Crippen LogP contribution is 2.16. The van der Waals surface area contributed by atoms with Gasteiger partial charge in [0.15, 0.2) is 0 Å². The van der Waals surface area contributed by atoms with Crippen molar-refractivity contribution in [3.8, 4) is 5.75 Å². The number of hydrogen-bond acceptors (Lipinski definition) is 4. The Balaban J connectivity index is 2.59. The Morgan fingerprint density at radius 2 is 2.00 bits per heavy atom. The maximum atomic E-state index is 11.4. The Morgan fingerprint density at radius 1 is 1.31 bits per heavy atom. The van der Waals surface area contributed by atoms with Gasteiger partial charge >= 0.3 is 11.9 Å². The van der Waals surface area contributed by atoms with Crippen molar-refractivity contribution in [2.24, 2.45) is 0 Å². The molecule has 4 heteroatoms. The number of carbonyl (C=O) groups is 2. The average Bonchev–Trinajstić information content (AvgIpc) is 2.26. The van der Waals surface area contributed by atoms with Crippen molar-refractivity contribution >= 4 is 11.9 Å². The number of ether oxygens (including phenoxy) is 1. The summed E-state index contributed by atoms with van der Waals surface area (Å²) in [5, 5.41) is 9.36. The second kappa shape index (κ2) is 5.90. The van der Waals surface area contributed by atoms with E-state index in [4.69, 9.17) is 0 Å². The Kier molecular flexibility index (Phi) is 4.51. The van der Waals surface area contributed by atoms with Crippen LogP contribution in [-0.4, -0.2) is 17.0 Å². The van der Waals surface area contributed by atoms with Crippen molar-refractivity contribution in [1.29, 1.82) is 0 Å². The molecule has 0 aliphatic heterocycles. The van der Waals surface area contributed by atoms with Crippen molar-refractivity contribution in [3.05, 3.63) is 29.8 Å². The zero-order valence-corrected chi connectivity index (χ0v) is 9.10. The molecule has 0 fully saturated rings. The van der Waals surface area contributed by atoms with Crippen LogP contribution >= 0.6 is 0 Å². The van der Waals surface area contributed by atoms with Crippen LogP contribution in [0.2, 0.25) is 0 Å². The molecule has 0 bridgehead atoms. The quantitative estimate of drug-likeness (QED) is 0.627. The summed E-state index contributed by atoms with van der Waals surface area (Å²) in [7, 11) is 0. The summed E-state index contributed by atoms with van der Waals surface area (Å²) in [5.41, 5.74) is 0.00680. The Labute approximate surface area is 93.9 Å². The van der Waals surface area contributed by atoms with Crippen LogP contribution in [0.3, 0.4) is 0 Å². The van der Waals surface area contributed by atoms with E-state index in [1.807, 2.05) is 6.92 Å². The zero-order valence-electron chi connectivity index (χ0n) is 9.10. The summed E-state index contributed by atoms with van der Waals surface area (Å²) in [4.78, 5) is 22.6. The topological polar surface area (TPSA) is 63.6 Å². The first-order valence-corrected chi connectivity index (χ1v) is 5.18. The first kappa shape index (κ1) is 12.2. The maximum absolute atomic E-state index is 11.4. The van der Waals surface area contributed by atoms with E-state index in [9.17, 15) is 14.7 Å². The Bertz CT molecular complexity index is 384. The third kappa shape index (κ3) is 3.38. The third-order valence-electron chi connectivity index (χ3n) is 2.06. The van der Waals surface area contributed by atoms with Crippen LogP contribution in [0.25, 0.3) is 0 Å². The molecule has 0 saturated heterocycles. The van der Waals surface area contributed by atoms with Gasteiger partial charge in [0.1, 0.15) is 11.3 Å². The van der Waals surface area contributed by atoms with Crippen molar-refractivity contribution in [2.75, 3.05) is 0 Å². The van der Waals surface area contributed by atoms with Crippen molar-refractivity contribution < 1.29 is 19.4 Å². The van der Waals surface area contributed by atoms with Crippen molar-refractivity contribution in [1.82, 2.24) is 0 Å². The van der Waals surface area contributed by atoms with E-state index in [0.717, 1.165) is 6.42 Å². The summed E-state index contributed by atoms with van der Waals surface area (Å²) >= 11 is 0. The lowest BCUT2D eigenvalue weighted by Crippen LogP contribution is -2.12. The molecule has 0 saturated carbocycles. The molecular weight excluding hydrogens is 208 g/mol. The Morgan fingerprint density at radius 3 is 2.62 bits per heavy atom. The SMILES string of the molecule is CCCCC(=O)OC(=O)c1ccccc1O. The molecule has 0 aromatic heterocycles. The van der Waals surface area contributed by atoms with E-state index in [2.05, 4.69) is 4.74 Å². The molecule has 0 heterocycles. The van der Waals surface area contributed by atoms with Crippen LogP contribution < -0.4 is 0 Å². The largest absolute Gasteiger partial charge is 0.507 e. The zero-order chi connectivity index (χ0) is 12.0. The van der Waals surface area contributed by atoms with Gasteiger partial charge in [0, 0.05) is 6.42 Å². The normalized spacial score (nSPS) is 9.81. The lowest BCUT2D eigenvalue weighted by molar-refractivity contribution is -0.138. The van der Waals surface area contributed by atoms with Gasteiger partial charge in [-0.2, -0.15) is 0 Å². The summed E-state index contributed by atoms with van der Waals surface area (Å²) in [6.45, 7) is 1.94. The lowest BCUT2D eigenvalue weighted by atomic mass is 10.2. The molecule has 0 atom stereocenters. The fourth-order valence-corrected chi connectivity index (χ4v) is 1.18. The smallest absolute Gasteiger partial charge is 0.349 e. The van der Waals surface area contributed by atoms with Crippen LogP contribution in [0.15, 0.2) is 24.3 Å². The molecule has 0 radical (unpaired) electrons. The van der Waals surface area contributed by atoms with Gasteiger partial charge < -0.3 is 9.84 Å². The van der Waals surface area contributed by atoms with E-state index < -0.39 is 11.9 Å². The number of esters is 2. The van der Waals surface area contributed by atoms with Gasteiger partial charge in [-0.05, 0) is 18.6 Å². The van der Waals surface area contributed by atoms with Crippen LogP contribution in [0.1, 0.15) is 36.5 Å². The van der Waals surface area contributed by atoms with Gasteiger partial charge in [0.05, 0.1) is 0 Å². The number of phenols is 1. The van der Waals surface area contributed by atoms with Gasteiger partial charge in [-0.25, -0.2) is 4.79 Å². The van der Waals surface area contributed by atoms with E-state index in [1.54, 1.807) is 12.1 Å². The number of aromatic hydroxyl groups is 1. The van der Waals surface area contributed by atoms with E-state index in [-0.39, 0.29) is 17.7 Å². The molecule has 0 aliphatic carbocycles. The lowest BCUT2D eigenvalue weighted by Gasteiger charge is -2.03. The highest BCUT2D eigenvalue weighted by atomic mass is 16.6. The van der Waals surface area contributed by atoms with Gasteiger partial charge in [0.2, 0.25) is 0 Å². The van der Waals surface area contributed by atoms with Crippen LogP contribution in [-0.2, 0) is 9.53 Å². The molecule has 0 unspecified atom stereocenters. The minimum absolute atomic E-state index is 0.00680. The highest BCUT2D eigenvalue weighted by Gasteiger charge is 2.15. The van der Waals surface area contributed by atoms with Crippen LogP contribution in [0.4, 0.5) is 0 Å². The van der Waals surface area contributed by atoms with E-state index in [0.29, 0.717) is 6.42 Å². The maximum Gasteiger partial charge on any atom is 0.349 e. The summed E-state index contributed by atoms with van der Waals surface area (Å²) in [5.74, 6) is -1.55. The first-order chi connectivity index (χ1) is 7.65. The predicted octanol–water partition coefficient (Wildman–Crippen LogP) is 2.27. The second-order valence-electron chi connectivity index (χ2n) is 3.38. The third-order valence-corrected chi connectivity index (χ3v) is 2.06. The summed E-state index contributed by atoms with van der Waals surface area (Å²) in [6, 6.07) is 5.95. The van der Waals surface area contributed by atoms with Gasteiger partial charge in [-0.15, -0.1) is 0 Å². The molecule has 1 rings (SSSR count). The highest BCUT2D eigenvalue weighted by molar-refractivity contribution is 5.98. The standard InChI is InChI=1S/C12H14O4/c1-2-3-8-11(14)16-12(15)9-6-4-5-7-10(9)13/h4-7,13H,2-3,8H2,1H3. The molecule has 1 aromatic carbocycles. The number of hydrogen-bond donors (Lipinski definition) is 1. The molecule has 86 valence electrons. The molecule has 0 spiro atoms. The van der Waals surface area contributed by atoms with E-state index >= 15 is 0 Å². The number of unbranched alkanes of at least 4 members (excludes halogenated alkanes) is 1. The summed E-state index contributed by atoms with van der Waals surface area (Å²) in [6.07, 6.45) is 1.77. The van der Waals surface area contributed by atoms with E-state index in [1.165, 1.54) is 12.1 Å². The summed E-state index contributed by atoms with van der Waals surface area (Å²) < 4.78 is 4.58. The molecule has 4 nitrogen and oxygen atoms in total. The van der Waals surface area contributed by atoms with Crippen molar-refractivity contribution in [3.63, 3.8) is 0 Å². The van der Waals surface area contributed by atoms with Gasteiger partial charge in [0.25, 0.3) is 0 Å². The minimum Gasteiger partial charge on any atom is -0.507 e. The van der Waals surface area contributed by atoms with Crippen LogP contribution in [0.5, 0.6) is 5.75 Å². The second-order valence-corrected chi connectivity index (χ2v) is 3.38. The van der Waals surface area contributed by atoms with Crippen molar-refractivity contribution in [2.45, 2.75) is 26.2 Å². The molecule has 1 aromatic rings. The molecular formula is C12H14O4. The fourth-order valence-electron chi connectivity index (χ4n) is 1.18. The van der Waals surface area contributed by atoms with Gasteiger partial charge in [-0.3, -0.25) is 4.79 Å². The first-order valence-electron chi connectivity index (χ1n) is 5.18. The average molecular weight is 222 g/mol. The monoisotopic (exact) mass is 222 g/mol.